The van der Waals surface area contributed by atoms with E-state index in [1.807, 2.05) is 12.1 Å². The summed E-state index contributed by atoms with van der Waals surface area (Å²) in [4.78, 5) is 2.20. The minimum absolute atomic E-state index is 0.596. The van der Waals surface area contributed by atoms with Crippen LogP contribution in [-0.4, -0.2) is 27.8 Å². The highest BCUT2D eigenvalue weighted by Crippen LogP contribution is 2.18. The fraction of sp³-hybridized carbons (Fsp3) is 0.455. The molecule has 0 unspecified atom stereocenters. The van der Waals surface area contributed by atoms with Crippen molar-refractivity contribution in [3.63, 3.8) is 0 Å². The molecule has 0 saturated heterocycles. The van der Waals surface area contributed by atoms with Crippen molar-refractivity contribution < 1.29 is 8.42 Å². The number of nitrogens with zero attached hydrogens (tertiary/aromatic N) is 1. The molecule has 0 radical (unpaired) electrons. The first kappa shape index (κ1) is 12.8. The van der Waals surface area contributed by atoms with Gasteiger partial charge in [-0.05, 0) is 38.1 Å². The summed E-state index contributed by atoms with van der Waals surface area (Å²) in [6, 6.07) is 7.38. The maximum Gasteiger partial charge on any atom is 0.229 e. The Balaban J connectivity index is 2.82. The molecule has 0 amide bonds. The molecule has 16 heavy (non-hydrogen) atoms. The molecule has 90 valence electrons. The van der Waals surface area contributed by atoms with E-state index in [4.69, 9.17) is 0 Å². The molecule has 1 aromatic carbocycles. The van der Waals surface area contributed by atoms with Gasteiger partial charge in [0.15, 0.2) is 0 Å². The predicted octanol–water partition coefficient (Wildman–Crippen LogP) is 1.90. The summed E-state index contributed by atoms with van der Waals surface area (Å²) >= 11 is 0. The van der Waals surface area contributed by atoms with Crippen molar-refractivity contribution in [3.8, 4) is 0 Å². The number of hydrogen-bond donors (Lipinski definition) is 1. The fourth-order valence-corrected chi connectivity index (χ4v) is 2.11. The number of anilines is 2. The predicted molar refractivity (Wildman–Crippen MR) is 68.5 cm³/mol. The highest BCUT2D eigenvalue weighted by molar-refractivity contribution is 7.92. The summed E-state index contributed by atoms with van der Waals surface area (Å²) in [5.41, 5.74) is 1.70. The van der Waals surface area contributed by atoms with Crippen LogP contribution < -0.4 is 9.62 Å². The third-order valence-corrected chi connectivity index (χ3v) is 2.91. The van der Waals surface area contributed by atoms with Crippen LogP contribution in [0.4, 0.5) is 11.4 Å². The van der Waals surface area contributed by atoms with Gasteiger partial charge in [-0.3, -0.25) is 4.72 Å². The minimum Gasteiger partial charge on any atom is -0.372 e. The molecule has 1 rings (SSSR count). The van der Waals surface area contributed by atoms with Crippen LogP contribution in [-0.2, 0) is 10.0 Å². The molecule has 0 aliphatic carbocycles. The van der Waals surface area contributed by atoms with E-state index < -0.39 is 10.0 Å². The highest BCUT2D eigenvalue weighted by Gasteiger charge is 2.03. The minimum atomic E-state index is -3.19. The first-order valence-corrected chi connectivity index (χ1v) is 7.18. The van der Waals surface area contributed by atoms with Crippen LogP contribution in [0.1, 0.15) is 13.8 Å². The smallest absolute Gasteiger partial charge is 0.229 e. The van der Waals surface area contributed by atoms with E-state index in [1.54, 1.807) is 12.1 Å². The van der Waals surface area contributed by atoms with Crippen molar-refractivity contribution in [2.75, 3.05) is 29.0 Å². The Morgan fingerprint density at radius 1 is 1.12 bits per heavy atom. The number of benzene rings is 1. The summed E-state index contributed by atoms with van der Waals surface area (Å²) in [5.74, 6) is 0. The first-order chi connectivity index (χ1) is 7.46. The van der Waals surface area contributed by atoms with Crippen LogP contribution in [0.25, 0.3) is 0 Å². The number of sulfonamides is 1. The Bertz CT molecular complexity index is 422. The van der Waals surface area contributed by atoms with Crippen LogP contribution in [0, 0.1) is 0 Å². The second kappa shape index (κ2) is 5.21. The summed E-state index contributed by atoms with van der Waals surface area (Å²) < 4.78 is 24.5. The molecule has 1 aromatic rings. The first-order valence-electron chi connectivity index (χ1n) is 5.29. The summed E-state index contributed by atoms with van der Waals surface area (Å²) in [7, 11) is -3.19. The third kappa shape index (κ3) is 3.73. The van der Waals surface area contributed by atoms with Crippen LogP contribution in [0.15, 0.2) is 24.3 Å². The zero-order valence-electron chi connectivity index (χ0n) is 9.90. The number of nitrogens with one attached hydrogen (secondary N) is 1. The summed E-state index contributed by atoms with van der Waals surface area (Å²) in [6.07, 6.45) is 1.14. The van der Waals surface area contributed by atoms with Crippen molar-refractivity contribution in [2.24, 2.45) is 0 Å². The van der Waals surface area contributed by atoms with Crippen LogP contribution in [0.5, 0.6) is 0 Å². The Morgan fingerprint density at radius 2 is 1.62 bits per heavy atom. The van der Waals surface area contributed by atoms with Gasteiger partial charge >= 0.3 is 0 Å². The molecule has 1 N–H and O–H groups in total. The lowest BCUT2D eigenvalue weighted by atomic mass is 10.2. The fourth-order valence-electron chi connectivity index (χ4n) is 1.54. The molecule has 0 aliphatic rings. The zero-order valence-corrected chi connectivity index (χ0v) is 10.7. The Labute approximate surface area is 97.3 Å². The average molecular weight is 242 g/mol. The van der Waals surface area contributed by atoms with Gasteiger partial charge < -0.3 is 4.90 Å². The molecule has 0 spiro atoms. The SMILES string of the molecule is CCN(CC)c1ccc(NS(C)(=O)=O)cc1. The van der Waals surface area contributed by atoms with Crippen LogP contribution in [0.2, 0.25) is 0 Å². The van der Waals surface area contributed by atoms with Crippen molar-refractivity contribution in [3.05, 3.63) is 24.3 Å². The van der Waals surface area contributed by atoms with Gasteiger partial charge in [0, 0.05) is 24.5 Å². The molecule has 0 aromatic heterocycles. The molecule has 5 heteroatoms. The van der Waals surface area contributed by atoms with E-state index in [0.29, 0.717) is 5.69 Å². The summed E-state index contributed by atoms with van der Waals surface area (Å²) in [5, 5.41) is 0. The standard InChI is InChI=1S/C11H18N2O2S/c1-4-13(5-2)11-8-6-10(7-9-11)12-16(3,14)15/h6-9,12H,4-5H2,1-3H3. The molecule has 0 atom stereocenters. The monoisotopic (exact) mass is 242 g/mol. The quantitative estimate of drug-likeness (QED) is 0.858. The van der Waals surface area contributed by atoms with Gasteiger partial charge in [-0.15, -0.1) is 0 Å². The number of hydrogen-bond acceptors (Lipinski definition) is 3. The van der Waals surface area contributed by atoms with E-state index in [9.17, 15) is 8.42 Å². The van der Waals surface area contributed by atoms with Crippen molar-refractivity contribution in [1.82, 2.24) is 0 Å². The molecule has 0 heterocycles. The lowest BCUT2D eigenvalue weighted by molar-refractivity contribution is 0.607. The van der Waals surface area contributed by atoms with E-state index >= 15 is 0 Å². The molecule has 0 bridgehead atoms. The lowest BCUT2D eigenvalue weighted by Gasteiger charge is -2.21. The summed E-state index contributed by atoms with van der Waals surface area (Å²) in [6.45, 7) is 6.06. The lowest BCUT2D eigenvalue weighted by Crippen LogP contribution is -2.21. The molecule has 0 aliphatic heterocycles. The van der Waals surface area contributed by atoms with Crippen molar-refractivity contribution in [1.29, 1.82) is 0 Å². The zero-order chi connectivity index (χ0) is 12.2. The van der Waals surface area contributed by atoms with Gasteiger partial charge in [0.25, 0.3) is 0 Å². The average Bonchev–Trinajstić information content (AvgIpc) is 2.20. The van der Waals surface area contributed by atoms with E-state index in [1.165, 1.54) is 0 Å². The maximum atomic E-state index is 11.0. The number of rotatable bonds is 5. The Morgan fingerprint density at radius 3 is 2.00 bits per heavy atom. The molecule has 0 saturated carbocycles. The highest BCUT2D eigenvalue weighted by atomic mass is 32.2. The van der Waals surface area contributed by atoms with E-state index in [0.717, 1.165) is 25.0 Å². The second-order valence-corrected chi connectivity index (χ2v) is 5.34. The van der Waals surface area contributed by atoms with Gasteiger partial charge in [0.1, 0.15) is 0 Å². The van der Waals surface area contributed by atoms with Crippen molar-refractivity contribution in [2.45, 2.75) is 13.8 Å². The molecule has 4 nitrogen and oxygen atoms in total. The van der Waals surface area contributed by atoms with Crippen molar-refractivity contribution >= 4 is 21.4 Å². The van der Waals surface area contributed by atoms with Gasteiger partial charge in [-0.1, -0.05) is 0 Å². The van der Waals surface area contributed by atoms with E-state index in [-0.39, 0.29) is 0 Å². The molecular weight excluding hydrogens is 224 g/mol. The Kier molecular flexibility index (Phi) is 4.18. The van der Waals surface area contributed by atoms with Crippen LogP contribution >= 0.6 is 0 Å². The topological polar surface area (TPSA) is 49.4 Å². The maximum absolute atomic E-state index is 11.0. The normalized spacial score (nSPS) is 11.2. The van der Waals surface area contributed by atoms with E-state index in [2.05, 4.69) is 23.5 Å². The molecule has 0 fully saturated rings. The Hall–Kier alpha value is -1.23. The van der Waals surface area contributed by atoms with Gasteiger partial charge in [0.05, 0.1) is 6.26 Å². The van der Waals surface area contributed by atoms with Gasteiger partial charge in [-0.2, -0.15) is 0 Å². The van der Waals surface area contributed by atoms with Gasteiger partial charge in [0.2, 0.25) is 10.0 Å². The van der Waals surface area contributed by atoms with Gasteiger partial charge in [-0.25, -0.2) is 8.42 Å². The third-order valence-electron chi connectivity index (χ3n) is 2.30. The van der Waals surface area contributed by atoms with Crippen LogP contribution in [0.3, 0.4) is 0 Å². The second-order valence-electron chi connectivity index (χ2n) is 3.59. The largest absolute Gasteiger partial charge is 0.372 e. The molecular formula is C11H18N2O2S.